The second kappa shape index (κ2) is 6.66. The van der Waals surface area contributed by atoms with Gasteiger partial charge in [0.15, 0.2) is 0 Å². The number of benzene rings is 1. The number of hydrogen-bond acceptors (Lipinski definition) is 3. The first-order chi connectivity index (χ1) is 9.65. The molecule has 0 bridgehead atoms. The van der Waals surface area contributed by atoms with Crippen molar-refractivity contribution in [3.05, 3.63) is 40.4 Å². The number of rotatable bonds is 6. The van der Waals surface area contributed by atoms with E-state index in [1.807, 2.05) is 18.2 Å². The molecule has 0 saturated heterocycles. The zero-order valence-corrected chi connectivity index (χ0v) is 12.4. The highest BCUT2D eigenvalue weighted by Gasteiger charge is 2.13. The molecule has 0 saturated carbocycles. The maximum Gasteiger partial charge on any atom is 0.258 e. The summed E-state index contributed by atoms with van der Waals surface area (Å²) in [5.41, 5.74) is 0.686. The summed E-state index contributed by atoms with van der Waals surface area (Å²) in [5.74, 6) is 1.36. The summed E-state index contributed by atoms with van der Waals surface area (Å²) in [5, 5.41) is 4.10. The third-order valence-corrected chi connectivity index (χ3v) is 4.01. The van der Waals surface area contributed by atoms with Crippen molar-refractivity contribution in [2.75, 3.05) is 0 Å². The quantitative estimate of drug-likeness (QED) is 0.851. The third-order valence-electron chi connectivity index (χ3n) is 4.01. The van der Waals surface area contributed by atoms with Crippen LogP contribution in [0.1, 0.15) is 39.4 Å². The lowest BCUT2D eigenvalue weighted by Crippen LogP contribution is -2.33. The van der Waals surface area contributed by atoms with Crippen LogP contribution >= 0.6 is 0 Å². The first-order valence-electron chi connectivity index (χ1n) is 7.37. The molecule has 20 heavy (non-hydrogen) atoms. The molecule has 0 spiro atoms. The summed E-state index contributed by atoms with van der Waals surface area (Å²) in [4.78, 5) is 19.3. The maximum atomic E-state index is 12.0. The van der Waals surface area contributed by atoms with E-state index in [-0.39, 0.29) is 5.56 Å². The fraction of sp³-hybridized carbons (Fsp3) is 0.500. The van der Waals surface area contributed by atoms with Gasteiger partial charge in [-0.2, -0.15) is 0 Å². The van der Waals surface area contributed by atoms with Crippen LogP contribution in [0.4, 0.5) is 0 Å². The Balaban J connectivity index is 2.12. The fourth-order valence-electron chi connectivity index (χ4n) is 2.64. The Bertz CT molecular complexity index is 616. The van der Waals surface area contributed by atoms with E-state index in [1.165, 1.54) is 0 Å². The van der Waals surface area contributed by atoms with Crippen molar-refractivity contribution in [3.63, 3.8) is 0 Å². The first kappa shape index (κ1) is 14.7. The van der Waals surface area contributed by atoms with E-state index >= 15 is 0 Å². The third kappa shape index (κ3) is 3.25. The van der Waals surface area contributed by atoms with Gasteiger partial charge in [0, 0.05) is 6.04 Å². The van der Waals surface area contributed by atoms with Gasteiger partial charge >= 0.3 is 0 Å². The maximum absolute atomic E-state index is 12.0. The Labute approximate surface area is 119 Å². The Morgan fingerprint density at radius 3 is 2.65 bits per heavy atom. The molecule has 0 amide bonds. The molecule has 1 aromatic carbocycles. The molecule has 2 N–H and O–H groups in total. The van der Waals surface area contributed by atoms with E-state index in [0.717, 1.165) is 18.4 Å². The molecule has 1 unspecified atom stereocenters. The molecule has 2 rings (SSSR count). The Kier molecular flexibility index (Phi) is 4.90. The van der Waals surface area contributed by atoms with Crippen LogP contribution in [0.5, 0.6) is 0 Å². The smallest absolute Gasteiger partial charge is 0.258 e. The van der Waals surface area contributed by atoms with Crippen LogP contribution in [-0.4, -0.2) is 16.0 Å². The molecule has 0 fully saturated rings. The lowest BCUT2D eigenvalue weighted by molar-refractivity contribution is 0.350. The monoisotopic (exact) mass is 273 g/mol. The molecule has 1 aromatic heterocycles. The molecule has 0 radical (unpaired) electrons. The fourth-order valence-corrected chi connectivity index (χ4v) is 2.64. The number of aromatic nitrogens is 2. The van der Waals surface area contributed by atoms with Crippen LogP contribution in [0.25, 0.3) is 10.9 Å². The van der Waals surface area contributed by atoms with Crippen LogP contribution in [0, 0.1) is 5.92 Å². The normalized spacial score (nSPS) is 13.0. The van der Waals surface area contributed by atoms with Crippen molar-refractivity contribution < 1.29 is 0 Å². The van der Waals surface area contributed by atoms with Crippen LogP contribution in [-0.2, 0) is 6.54 Å². The molecule has 0 aliphatic rings. The topological polar surface area (TPSA) is 57.8 Å². The van der Waals surface area contributed by atoms with Gasteiger partial charge in [0.25, 0.3) is 5.56 Å². The van der Waals surface area contributed by atoms with E-state index in [0.29, 0.717) is 29.7 Å². The number of H-pyrrole nitrogens is 1. The van der Waals surface area contributed by atoms with Crippen molar-refractivity contribution in [3.8, 4) is 0 Å². The van der Waals surface area contributed by atoms with Gasteiger partial charge < -0.3 is 10.3 Å². The standard InChI is InChI=1S/C16H23N3O/c1-4-12(5-2)11(3)17-10-15-18-14-9-7-6-8-13(14)16(20)19-15/h6-9,11-12,17H,4-5,10H2,1-3H3,(H,18,19,20). The molecule has 0 aliphatic heterocycles. The summed E-state index contributed by atoms with van der Waals surface area (Å²) in [7, 11) is 0. The number of nitrogens with zero attached hydrogens (tertiary/aromatic N) is 1. The van der Waals surface area contributed by atoms with Crippen molar-refractivity contribution >= 4 is 10.9 Å². The van der Waals surface area contributed by atoms with Crippen molar-refractivity contribution in [2.45, 2.75) is 46.2 Å². The largest absolute Gasteiger partial charge is 0.309 e. The SMILES string of the molecule is CCC(CC)C(C)NCc1nc2ccccc2c(=O)[nH]1. The second-order valence-electron chi connectivity index (χ2n) is 5.28. The minimum Gasteiger partial charge on any atom is -0.309 e. The summed E-state index contributed by atoms with van der Waals surface area (Å²) in [6, 6.07) is 7.84. The zero-order valence-electron chi connectivity index (χ0n) is 12.4. The summed E-state index contributed by atoms with van der Waals surface area (Å²) in [6.45, 7) is 7.21. The Morgan fingerprint density at radius 1 is 1.25 bits per heavy atom. The van der Waals surface area contributed by atoms with Crippen molar-refractivity contribution in [2.24, 2.45) is 5.92 Å². The highest BCUT2D eigenvalue weighted by atomic mass is 16.1. The Morgan fingerprint density at radius 2 is 1.95 bits per heavy atom. The molecule has 4 nitrogen and oxygen atoms in total. The molecule has 4 heteroatoms. The summed E-state index contributed by atoms with van der Waals surface area (Å²) < 4.78 is 0. The van der Waals surface area contributed by atoms with Crippen LogP contribution < -0.4 is 10.9 Å². The molecule has 1 atom stereocenters. The van der Waals surface area contributed by atoms with Gasteiger partial charge in [0.2, 0.25) is 0 Å². The minimum absolute atomic E-state index is 0.0670. The van der Waals surface area contributed by atoms with E-state index in [9.17, 15) is 4.79 Å². The lowest BCUT2D eigenvalue weighted by Gasteiger charge is -2.22. The van der Waals surface area contributed by atoms with Crippen LogP contribution in [0.3, 0.4) is 0 Å². The number of nitrogens with one attached hydrogen (secondary N) is 2. The van der Waals surface area contributed by atoms with Gasteiger partial charge in [0.05, 0.1) is 17.4 Å². The number of fused-ring (bicyclic) bond motifs is 1. The molecule has 1 heterocycles. The van der Waals surface area contributed by atoms with Crippen molar-refractivity contribution in [1.82, 2.24) is 15.3 Å². The minimum atomic E-state index is -0.0670. The van der Waals surface area contributed by atoms with Gasteiger partial charge in [-0.15, -0.1) is 0 Å². The molecule has 108 valence electrons. The predicted molar refractivity (Wildman–Crippen MR) is 82.7 cm³/mol. The molecular weight excluding hydrogens is 250 g/mol. The number of para-hydroxylation sites is 1. The predicted octanol–water partition coefficient (Wildman–Crippen LogP) is 2.84. The number of hydrogen-bond donors (Lipinski definition) is 2. The Hall–Kier alpha value is -1.68. The second-order valence-corrected chi connectivity index (χ2v) is 5.28. The molecule has 2 aromatic rings. The van der Waals surface area contributed by atoms with Crippen LogP contribution in [0.15, 0.2) is 29.1 Å². The average molecular weight is 273 g/mol. The number of aromatic amines is 1. The van der Waals surface area contributed by atoms with Crippen LogP contribution in [0.2, 0.25) is 0 Å². The summed E-state index contributed by atoms with van der Waals surface area (Å²) in [6.07, 6.45) is 2.32. The van der Waals surface area contributed by atoms with E-state index in [4.69, 9.17) is 0 Å². The van der Waals surface area contributed by atoms with E-state index < -0.39 is 0 Å². The van der Waals surface area contributed by atoms with Gasteiger partial charge in [0.1, 0.15) is 5.82 Å². The lowest BCUT2D eigenvalue weighted by atomic mass is 9.95. The molecular formula is C16H23N3O. The first-order valence-corrected chi connectivity index (χ1v) is 7.37. The van der Waals surface area contributed by atoms with Gasteiger partial charge in [-0.3, -0.25) is 4.79 Å². The van der Waals surface area contributed by atoms with Crippen molar-refractivity contribution in [1.29, 1.82) is 0 Å². The van der Waals surface area contributed by atoms with E-state index in [2.05, 4.69) is 36.1 Å². The zero-order chi connectivity index (χ0) is 14.5. The van der Waals surface area contributed by atoms with Gasteiger partial charge in [-0.1, -0.05) is 38.8 Å². The van der Waals surface area contributed by atoms with E-state index in [1.54, 1.807) is 6.07 Å². The van der Waals surface area contributed by atoms with Gasteiger partial charge in [-0.05, 0) is 25.0 Å². The van der Waals surface area contributed by atoms with Gasteiger partial charge in [-0.25, -0.2) is 4.98 Å². The molecule has 0 aliphatic carbocycles. The highest BCUT2D eigenvalue weighted by Crippen LogP contribution is 2.13. The average Bonchev–Trinajstić information content (AvgIpc) is 2.46. The highest BCUT2D eigenvalue weighted by molar-refractivity contribution is 5.77. The summed E-state index contributed by atoms with van der Waals surface area (Å²) >= 11 is 0.